The Morgan fingerprint density at radius 3 is 2.88 bits per heavy atom. The molecule has 3 rings (SSSR count). The van der Waals surface area contributed by atoms with Crippen LogP contribution in [0.2, 0.25) is 0 Å². The van der Waals surface area contributed by atoms with E-state index >= 15 is 0 Å². The summed E-state index contributed by atoms with van der Waals surface area (Å²) in [5, 5.41) is 16.0. The summed E-state index contributed by atoms with van der Waals surface area (Å²) in [5.74, 6) is -0.928. The minimum Gasteiger partial charge on any atom is -0.481 e. The number of carbonyl (C=O) groups is 1. The van der Waals surface area contributed by atoms with Gasteiger partial charge in [0.05, 0.1) is 17.7 Å². The Morgan fingerprint density at radius 1 is 1.32 bits per heavy atom. The fourth-order valence-corrected chi connectivity index (χ4v) is 3.52. The predicted molar refractivity (Wildman–Crippen MR) is 97.0 cm³/mol. The van der Waals surface area contributed by atoms with Crippen molar-refractivity contribution in [3.8, 4) is 11.3 Å². The smallest absolute Gasteiger partial charge is 0.305 e. The van der Waals surface area contributed by atoms with Gasteiger partial charge in [0, 0.05) is 28.2 Å². The standard InChI is InChI=1S/C18H19N3O3S/c1-12-4-6-14(25-12)7-5-13-11-16(20-19-13)15-3-2-9-21(18(15)24)10-8-17(22)23/h2-4,6,9,11H,5,7-8,10H2,1H3,(H,19,20)(H,22,23). The number of aromatic amines is 1. The third-order valence-electron chi connectivity index (χ3n) is 3.93. The average molecular weight is 357 g/mol. The molecule has 3 heterocycles. The zero-order valence-corrected chi connectivity index (χ0v) is 14.7. The van der Waals surface area contributed by atoms with E-state index in [1.807, 2.05) is 6.07 Å². The van der Waals surface area contributed by atoms with E-state index in [1.54, 1.807) is 29.7 Å². The number of pyridine rings is 1. The number of hydrogen-bond donors (Lipinski definition) is 2. The number of aryl methyl sites for hydroxylation is 4. The highest BCUT2D eigenvalue weighted by molar-refractivity contribution is 7.11. The zero-order chi connectivity index (χ0) is 17.8. The van der Waals surface area contributed by atoms with E-state index in [0.29, 0.717) is 11.3 Å². The molecule has 6 nitrogen and oxygen atoms in total. The van der Waals surface area contributed by atoms with Gasteiger partial charge in [0.1, 0.15) is 0 Å². The Morgan fingerprint density at radius 2 is 2.16 bits per heavy atom. The summed E-state index contributed by atoms with van der Waals surface area (Å²) >= 11 is 1.79. The Kier molecular flexibility index (Phi) is 5.14. The highest BCUT2D eigenvalue weighted by atomic mass is 32.1. The monoisotopic (exact) mass is 357 g/mol. The molecule has 0 bridgehead atoms. The van der Waals surface area contributed by atoms with Gasteiger partial charge in [-0.05, 0) is 50.1 Å². The lowest BCUT2D eigenvalue weighted by atomic mass is 10.1. The maximum absolute atomic E-state index is 12.5. The highest BCUT2D eigenvalue weighted by Gasteiger charge is 2.11. The second kappa shape index (κ2) is 7.48. The van der Waals surface area contributed by atoms with Gasteiger partial charge in [-0.25, -0.2) is 0 Å². The second-order valence-electron chi connectivity index (χ2n) is 5.85. The summed E-state index contributed by atoms with van der Waals surface area (Å²) in [6.07, 6.45) is 3.27. The van der Waals surface area contributed by atoms with Crippen molar-refractivity contribution in [3.63, 3.8) is 0 Å². The molecule has 0 radical (unpaired) electrons. The lowest BCUT2D eigenvalue weighted by Gasteiger charge is -2.04. The third kappa shape index (κ3) is 4.24. The van der Waals surface area contributed by atoms with E-state index in [4.69, 9.17) is 5.11 Å². The van der Waals surface area contributed by atoms with Crippen molar-refractivity contribution in [2.75, 3.05) is 0 Å². The number of hydrogen-bond acceptors (Lipinski definition) is 4. The molecule has 7 heteroatoms. The van der Waals surface area contributed by atoms with Crippen molar-refractivity contribution < 1.29 is 9.90 Å². The molecule has 3 aromatic rings. The van der Waals surface area contributed by atoms with Crippen LogP contribution in [0.25, 0.3) is 11.3 Å². The number of carboxylic acid groups (broad SMARTS) is 1. The van der Waals surface area contributed by atoms with Crippen LogP contribution in [0.3, 0.4) is 0 Å². The van der Waals surface area contributed by atoms with Crippen molar-refractivity contribution in [2.24, 2.45) is 0 Å². The maximum Gasteiger partial charge on any atom is 0.305 e. The van der Waals surface area contributed by atoms with Gasteiger partial charge in [-0.1, -0.05) is 0 Å². The van der Waals surface area contributed by atoms with Gasteiger partial charge >= 0.3 is 5.97 Å². The van der Waals surface area contributed by atoms with E-state index < -0.39 is 5.97 Å². The maximum atomic E-state index is 12.5. The van der Waals surface area contributed by atoms with Crippen LogP contribution in [0.1, 0.15) is 21.9 Å². The van der Waals surface area contributed by atoms with Crippen LogP contribution in [-0.2, 0) is 24.2 Å². The molecule has 130 valence electrons. The highest BCUT2D eigenvalue weighted by Crippen LogP contribution is 2.19. The Balaban J connectivity index is 1.74. The number of nitrogens with one attached hydrogen (secondary N) is 1. The summed E-state index contributed by atoms with van der Waals surface area (Å²) < 4.78 is 1.41. The number of aliphatic carboxylic acids is 1. The van der Waals surface area contributed by atoms with Crippen molar-refractivity contribution in [1.82, 2.24) is 14.8 Å². The molecule has 0 fully saturated rings. The Hall–Kier alpha value is -2.67. The average Bonchev–Trinajstić information content (AvgIpc) is 3.21. The second-order valence-corrected chi connectivity index (χ2v) is 7.23. The molecular formula is C18H19N3O3S. The lowest BCUT2D eigenvalue weighted by molar-refractivity contribution is -0.137. The minimum atomic E-state index is -0.928. The molecule has 2 N–H and O–H groups in total. The van der Waals surface area contributed by atoms with Crippen LogP contribution in [-0.4, -0.2) is 25.8 Å². The Bertz CT molecular complexity index is 939. The summed E-state index contributed by atoms with van der Waals surface area (Å²) in [6, 6.07) is 9.58. The van der Waals surface area contributed by atoms with Gasteiger partial charge in [-0.15, -0.1) is 11.3 Å². The first-order chi connectivity index (χ1) is 12.0. The molecule has 0 saturated heterocycles. The lowest BCUT2D eigenvalue weighted by Crippen LogP contribution is -2.22. The molecule has 0 atom stereocenters. The van der Waals surface area contributed by atoms with Gasteiger partial charge in [0.15, 0.2) is 0 Å². The van der Waals surface area contributed by atoms with Gasteiger partial charge in [0.2, 0.25) is 0 Å². The molecule has 0 aromatic carbocycles. The molecule has 25 heavy (non-hydrogen) atoms. The van der Waals surface area contributed by atoms with Crippen molar-refractivity contribution >= 4 is 17.3 Å². The molecule has 0 aliphatic rings. The third-order valence-corrected chi connectivity index (χ3v) is 4.99. The SMILES string of the molecule is Cc1ccc(CCc2cc(-c3cccn(CCC(=O)O)c3=O)n[nH]2)s1. The van der Waals surface area contributed by atoms with E-state index in [1.165, 1.54) is 14.3 Å². The molecule has 0 amide bonds. The van der Waals surface area contributed by atoms with Crippen molar-refractivity contribution in [1.29, 1.82) is 0 Å². The van der Waals surface area contributed by atoms with E-state index in [0.717, 1.165) is 18.5 Å². The fraction of sp³-hybridized carbons (Fsp3) is 0.278. The number of thiophene rings is 1. The van der Waals surface area contributed by atoms with Crippen molar-refractivity contribution in [2.45, 2.75) is 32.7 Å². The summed E-state index contributed by atoms with van der Waals surface area (Å²) in [4.78, 5) is 25.8. The molecular weight excluding hydrogens is 338 g/mol. The summed E-state index contributed by atoms with van der Waals surface area (Å²) in [5.41, 5.74) is 1.81. The fourth-order valence-electron chi connectivity index (χ4n) is 2.63. The molecule has 0 unspecified atom stereocenters. The van der Waals surface area contributed by atoms with Crippen molar-refractivity contribution in [3.05, 3.63) is 62.3 Å². The van der Waals surface area contributed by atoms with Crippen LogP contribution in [0, 0.1) is 6.92 Å². The molecule has 0 aliphatic carbocycles. The minimum absolute atomic E-state index is 0.0879. The van der Waals surface area contributed by atoms with Crippen LogP contribution in [0.15, 0.2) is 41.3 Å². The van der Waals surface area contributed by atoms with E-state index in [-0.39, 0.29) is 18.5 Å². The molecule has 3 aromatic heterocycles. The van der Waals surface area contributed by atoms with Gasteiger partial charge < -0.3 is 9.67 Å². The quantitative estimate of drug-likeness (QED) is 0.680. The van der Waals surface area contributed by atoms with Gasteiger partial charge in [0.25, 0.3) is 5.56 Å². The molecule has 0 saturated carbocycles. The normalized spacial score (nSPS) is 10.9. The Labute approximate surface area is 148 Å². The molecule has 0 aliphatic heterocycles. The van der Waals surface area contributed by atoms with Crippen LogP contribution in [0.4, 0.5) is 0 Å². The summed E-state index contributed by atoms with van der Waals surface area (Å²) in [6.45, 7) is 2.24. The molecule has 0 spiro atoms. The van der Waals surface area contributed by atoms with Crippen LogP contribution >= 0.6 is 11.3 Å². The zero-order valence-electron chi connectivity index (χ0n) is 13.9. The topological polar surface area (TPSA) is 88.0 Å². The number of rotatable bonds is 7. The van der Waals surface area contributed by atoms with Gasteiger partial charge in [-0.2, -0.15) is 5.10 Å². The first-order valence-corrected chi connectivity index (χ1v) is 8.86. The first-order valence-electron chi connectivity index (χ1n) is 8.04. The van der Waals surface area contributed by atoms with Gasteiger partial charge in [-0.3, -0.25) is 14.7 Å². The number of nitrogens with zero attached hydrogens (tertiary/aromatic N) is 2. The predicted octanol–water partition coefficient (Wildman–Crippen LogP) is 2.87. The van der Waals surface area contributed by atoms with E-state index in [2.05, 4.69) is 29.3 Å². The largest absolute Gasteiger partial charge is 0.481 e. The van der Waals surface area contributed by atoms with Crippen LogP contribution < -0.4 is 5.56 Å². The first kappa shape index (κ1) is 17.2. The van der Waals surface area contributed by atoms with E-state index in [9.17, 15) is 9.59 Å². The number of aromatic nitrogens is 3. The number of carboxylic acids is 1. The summed E-state index contributed by atoms with van der Waals surface area (Å²) in [7, 11) is 0. The number of H-pyrrole nitrogens is 1. The van der Waals surface area contributed by atoms with Crippen LogP contribution in [0.5, 0.6) is 0 Å².